The molecule has 3 heteroatoms. The fourth-order valence-electron chi connectivity index (χ4n) is 0.989. The largest absolute Gasteiger partial charge is 0.493 e. The standard InChI is InChI=1S/C9H12O3/c1-9(12-3)5-4-7(10)8(6-9)11-2/h4-6H,1-3H3. The summed E-state index contributed by atoms with van der Waals surface area (Å²) in [6.07, 6.45) is 4.83. The quantitative estimate of drug-likeness (QED) is 0.618. The van der Waals surface area contributed by atoms with Crippen molar-refractivity contribution in [3.63, 3.8) is 0 Å². The van der Waals surface area contributed by atoms with Gasteiger partial charge in [0.2, 0.25) is 5.78 Å². The Morgan fingerprint density at radius 1 is 1.42 bits per heavy atom. The zero-order chi connectivity index (χ0) is 9.19. The van der Waals surface area contributed by atoms with Crippen LogP contribution in [0, 0.1) is 0 Å². The highest BCUT2D eigenvalue weighted by Crippen LogP contribution is 2.21. The Morgan fingerprint density at radius 3 is 2.58 bits per heavy atom. The van der Waals surface area contributed by atoms with E-state index < -0.39 is 5.60 Å². The van der Waals surface area contributed by atoms with Crippen LogP contribution in [0.2, 0.25) is 0 Å². The van der Waals surface area contributed by atoms with Crippen LogP contribution < -0.4 is 0 Å². The smallest absolute Gasteiger partial charge is 0.219 e. The van der Waals surface area contributed by atoms with Crippen LogP contribution in [0.25, 0.3) is 0 Å². The van der Waals surface area contributed by atoms with E-state index in [4.69, 9.17) is 9.47 Å². The van der Waals surface area contributed by atoms with Gasteiger partial charge in [0.25, 0.3) is 0 Å². The zero-order valence-corrected chi connectivity index (χ0v) is 7.46. The summed E-state index contributed by atoms with van der Waals surface area (Å²) >= 11 is 0. The molecule has 66 valence electrons. The molecule has 0 aromatic carbocycles. The fourth-order valence-corrected chi connectivity index (χ4v) is 0.989. The van der Waals surface area contributed by atoms with Crippen LogP contribution in [0.1, 0.15) is 6.92 Å². The molecule has 0 radical (unpaired) electrons. The molecule has 0 bridgehead atoms. The molecule has 1 aliphatic rings. The average Bonchev–Trinajstić information content (AvgIpc) is 2.10. The van der Waals surface area contributed by atoms with E-state index in [1.807, 2.05) is 6.92 Å². The molecule has 1 unspecified atom stereocenters. The summed E-state index contributed by atoms with van der Waals surface area (Å²) < 4.78 is 10.0. The number of methoxy groups -OCH3 is 2. The molecule has 1 rings (SSSR count). The number of carbonyl (C=O) groups excluding carboxylic acids is 1. The lowest BCUT2D eigenvalue weighted by atomic mass is 9.98. The number of hydrogen-bond acceptors (Lipinski definition) is 3. The minimum Gasteiger partial charge on any atom is -0.493 e. The van der Waals surface area contributed by atoms with Gasteiger partial charge < -0.3 is 9.47 Å². The number of allylic oxidation sites excluding steroid dienone is 1. The molecule has 0 heterocycles. The predicted molar refractivity (Wildman–Crippen MR) is 44.7 cm³/mol. The molecule has 0 N–H and O–H groups in total. The van der Waals surface area contributed by atoms with Gasteiger partial charge in [-0.25, -0.2) is 0 Å². The van der Waals surface area contributed by atoms with Crippen LogP contribution in [-0.2, 0) is 14.3 Å². The van der Waals surface area contributed by atoms with Crippen molar-refractivity contribution in [3.8, 4) is 0 Å². The lowest BCUT2D eigenvalue weighted by Crippen LogP contribution is -2.26. The maximum atomic E-state index is 11.1. The summed E-state index contributed by atoms with van der Waals surface area (Å²) in [5.74, 6) is 0.217. The maximum Gasteiger partial charge on any atom is 0.219 e. The lowest BCUT2D eigenvalue weighted by molar-refractivity contribution is -0.114. The number of rotatable bonds is 2. The third-order valence-corrected chi connectivity index (χ3v) is 1.89. The van der Waals surface area contributed by atoms with Crippen LogP contribution in [0.4, 0.5) is 0 Å². The summed E-state index contributed by atoms with van der Waals surface area (Å²) in [6.45, 7) is 1.86. The number of ether oxygens (including phenoxy) is 2. The van der Waals surface area contributed by atoms with Crippen LogP contribution in [0.5, 0.6) is 0 Å². The fraction of sp³-hybridized carbons (Fsp3) is 0.444. The number of ketones is 1. The minimum absolute atomic E-state index is 0.118. The molecule has 12 heavy (non-hydrogen) atoms. The molecule has 0 aliphatic heterocycles. The summed E-state index contributed by atoms with van der Waals surface area (Å²) in [6, 6.07) is 0. The van der Waals surface area contributed by atoms with Crippen molar-refractivity contribution in [1.82, 2.24) is 0 Å². The normalized spacial score (nSPS) is 28.6. The molecule has 3 nitrogen and oxygen atoms in total. The first-order valence-electron chi connectivity index (χ1n) is 3.67. The highest BCUT2D eigenvalue weighted by atomic mass is 16.5. The topological polar surface area (TPSA) is 35.5 Å². The van der Waals surface area contributed by atoms with Gasteiger partial charge in [0.15, 0.2) is 5.76 Å². The van der Waals surface area contributed by atoms with Crippen LogP contribution in [0.15, 0.2) is 24.0 Å². The zero-order valence-electron chi connectivity index (χ0n) is 7.46. The highest BCUT2D eigenvalue weighted by molar-refractivity contribution is 6.03. The molecule has 1 atom stereocenters. The van der Waals surface area contributed by atoms with E-state index >= 15 is 0 Å². The minimum atomic E-state index is -0.515. The van der Waals surface area contributed by atoms with Crippen molar-refractivity contribution in [3.05, 3.63) is 24.0 Å². The van der Waals surface area contributed by atoms with Gasteiger partial charge >= 0.3 is 0 Å². The van der Waals surface area contributed by atoms with Gasteiger partial charge in [0, 0.05) is 7.11 Å². The van der Waals surface area contributed by atoms with E-state index in [9.17, 15) is 4.79 Å². The summed E-state index contributed by atoms with van der Waals surface area (Å²) in [4.78, 5) is 11.1. The summed E-state index contributed by atoms with van der Waals surface area (Å²) in [5.41, 5.74) is -0.515. The van der Waals surface area contributed by atoms with E-state index in [-0.39, 0.29) is 5.78 Å². The Kier molecular flexibility index (Phi) is 2.33. The van der Waals surface area contributed by atoms with E-state index in [0.717, 1.165) is 0 Å². The van der Waals surface area contributed by atoms with E-state index in [1.165, 1.54) is 13.2 Å². The Bertz CT molecular complexity index is 252. The van der Waals surface area contributed by atoms with Crippen LogP contribution >= 0.6 is 0 Å². The third kappa shape index (κ3) is 1.56. The third-order valence-electron chi connectivity index (χ3n) is 1.89. The molecule has 0 aromatic rings. The number of hydrogen-bond donors (Lipinski definition) is 0. The SMILES string of the molecule is COC1=CC(C)(OC)C=CC1=O. The van der Waals surface area contributed by atoms with Crippen LogP contribution in [0.3, 0.4) is 0 Å². The first-order valence-corrected chi connectivity index (χ1v) is 3.67. The number of carbonyl (C=O) groups is 1. The lowest BCUT2D eigenvalue weighted by Gasteiger charge is -2.23. The van der Waals surface area contributed by atoms with Crippen molar-refractivity contribution in [2.75, 3.05) is 14.2 Å². The highest BCUT2D eigenvalue weighted by Gasteiger charge is 2.25. The van der Waals surface area contributed by atoms with Gasteiger partial charge in [-0.15, -0.1) is 0 Å². The predicted octanol–water partition coefficient (Wildman–Crippen LogP) is 1.06. The molecule has 0 aromatic heterocycles. The first kappa shape index (κ1) is 9.00. The molecule has 0 saturated carbocycles. The Balaban J connectivity index is 2.93. The summed E-state index contributed by atoms with van der Waals surface area (Å²) in [7, 11) is 3.06. The monoisotopic (exact) mass is 168 g/mol. The van der Waals surface area contributed by atoms with Gasteiger partial charge in [0.05, 0.1) is 7.11 Å². The van der Waals surface area contributed by atoms with Crippen molar-refractivity contribution in [2.24, 2.45) is 0 Å². The summed E-state index contributed by atoms with van der Waals surface area (Å²) in [5, 5.41) is 0. The molecule has 0 fully saturated rings. The molecule has 0 saturated heterocycles. The first-order chi connectivity index (χ1) is 5.61. The molecular formula is C9H12O3. The second-order valence-electron chi connectivity index (χ2n) is 2.80. The molecular weight excluding hydrogens is 156 g/mol. The Morgan fingerprint density at radius 2 is 2.08 bits per heavy atom. The Hall–Kier alpha value is -1.09. The van der Waals surface area contributed by atoms with E-state index in [0.29, 0.717) is 5.76 Å². The molecule has 1 aliphatic carbocycles. The Labute approximate surface area is 71.7 Å². The van der Waals surface area contributed by atoms with Crippen molar-refractivity contribution < 1.29 is 14.3 Å². The average molecular weight is 168 g/mol. The second-order valence-corrected chi connectivity index (χ2v) is 2.80. The van der Waals surface area contributed by atoms with Gasteiger partial charge in [0.1, 0.15) is 5.60 Å². The van der Waals surface area contributed by atoms with Gasteiger partial charge in [-0.1, -0.05) is 0 Å². The van der Waals surface area contributed by atoms with Gasteiger partial charge in [-0.3, -0.25) is 4.79 Å². The van der Waals surface area contributed by atoms with Gasteiger partial charge in [-0.2, -0.15) is 0 Å². The maximum absolute atomic E-state index is 11.1. The van der Waals surface area contributed by atoms with E-state index in [1.54, 1.807) is 19.3 Å². The van der Waals surface area contributed by atoms with Crippen molar-refractivity contribution in [1.29, 1.82) is 0 Å². The van der Waals surface area contributed by atoms with Crippen molar-refractivity contribution >= 4 is 5.78 Å². The second kappa shape index (κ2) is 3.11. The molecule has 0 spiro atoms. The van der Waals surface area contributed by atoms with Crippen molar-refractivity contribution in [2.45, 2.75) is 12.5 Å². The van der Waals surface area contributed by atoms with E-state index in [2.05, 4.69) is 0 Å². The van der Waals surface area contributed by atoms with Crippen LogP contribution in [-0.4, -0.2) is 25.6 Å². The molecule has 0 amide bonds. The van der Waals surface area contributed by atoms with Gasteiger partial charge in [-0.05, 0) is 25.2 Å².